The van der Waals surface area contributed by atoms with Gasteiger partial charge in [0.05, 0.1) is 31.4 Å². The molecule has 1 spiro atoms. The lowest BCUT2D eigenvalue weighted by molar-refractivity contribution is -0.139. The van der Waals surface area contributed by atoms with Crippen molar-refractivity contribution >= 4 is 17.7 Å². The number of amides is 3. The van der Waals surface area contributed by atoms with Gasteiger partial charge in [-0.2, -0.15) is 0 Å². The Bertz CT molecular complexity index is 1330. The van der Waals surface area contributed by atoms with Crippen LogP contribution in [0.5, 0.6) is 5.75 Å². The normalized spacial score (nSPS) is 17.1. The molecule has 0 radical (unpaired) electrons. The van der Waals surface area contributed by atoms with E-state index in [1.165, 1.54) is 0 Å². The molecule has 9 nitrogen and oxygen atoms in total. The van der Waals surface area contributed by atoms with E-state index in [0.29, 0.717) is 26.1 Å². The van der Waals surface area contributed by atoms with Gasteiger partial charge >= 0.3 is 0 Å². The number of nitrogens with two attached hydrogens (primary N) is 1. The van der Waals surface area contributed by atoms with Crippen LogP contribution in [-0.2, 0) is 32.1 Å². The van der Waals surface area contributed by atoms with Crippen LogP contribution in [-0.4, -0.2) is 78.5 Å². The van der Waals surface area contributed by atoms with Gasteiger partial charge in [0.1, 0.15) is 11.8 Å². The van der Waals surface area contributed by atoms with Crippen LogP contribution in [0.3, 0.4) is 0 Å². The third-order valence-corrected chi connectivity index (χ3v) is 8.98. The summed E-state index contributed by atoms with van der Waals surface area (Å²) in [4.78, 5) is 44.7. The van der Waals surface area contributed by atoms with Gasteiger partial charge in [-0.05, 0) is 62.4 Å². The molecule has 1 fully saturated rings. The van der Waals surface area contributed by atoms with Crippen LogP contribution in [0.25, 0.3) is 0 Å². The molecule has 3 N–H and O–H groups in total. The molecule has 2 aliphatic rings. The van der Waals surface area contributed by atoms with E-state index in [2.05, 4.69) is 5.32 Å². The summed E-state index contributed by atoms with van der Waals surface area (Å²) in [6.07, 6.45) is 5.37. The quantitative estimate of drug-likeness (QED) is 0.357. The van der Waals surface area contributed by atoms with E-state index in [0.717, 1.165) is 60.1 Å². The van der Waals surface area contributed by atoms with Crippen molar-refractivity contribution in [1.29, 1.82) is 0 Å². The second-order valence-corrected chi connectivity index (χ2v) is 12.5. The highest BCUT2D eigenvalue weighted by molar-refractivity contribution is 5.99. The molecular formula is C35H48N4O5. The zero-order valence-electron chi connectivity index (χ0n) is 26.9. The zero-order valence-corrected chi connectivity index (χ0v) is 26.9. The van der Waals surface area contributed by atoms with Crippen molar-refractivity contribution in [3.8, 4) is 5.75 Å². The van der Waals surface area contributed by atoms with Crippen LogP contribution in [0.15, 0.2) is 65.7 Å². The molecular weight excluding hydrogens is 556 g/mol. The molecule has 1 aliphatic carbocycles. The third-order valence-electron chi connectivity index (χ3n) is 8.98. The second kappa shape index (κ2) is 14.4. The molecule has 0 bridgehead atoms. The van der Waals surface area contributed by atoms with Gasteiger partial charge in [0.2, 0.25) is 11.8 Å². The Kier molecular flexibility index (Phi) is 10.9. The number of benzene rings is 2. The number of carbonyl (C=O) groups excluding carboxylic acids is 3. The topological polar surface area (TPSA) is 114 Å². The number of rotatable bonds is 13. The molecule has 4 rings (SSSR count). The Morgan fingerprint density at radius 1 is 1.05 bits per heavy atom. The van der Waals surface area contributed by atoms with Crippen LogP contribution in [0.1, 0.15) is 64.0 Å². The summed E-state index contributed by atoms with van der Waals surface area (Å²) in [5, 5.41) is 2.85. The van der Waals surface area contributed by atoms with Crippen LogP contribution in [0.4, 0.5) is 0 Å². The van der Waals surface area contributed by atoms with Crippen LogP contribution >= 0.6 is 0 Å². The smallest absolute Gasteiger partial charge is 0.250 e. The van der Waals surface area contributed by atoms with E-state index in [4.69, 9.17) is 15.2 Å². The van der Waals surface area contributed by atoms with Crippen molar-refractivity contribution in [3.05, 3.63) is 76.9 Å². The molecule has 3 amide bonds. The monoisotopic (exact) mass is 604 g/mol. The molecule has 1 saturated carbocycles. The first-order valence-corrected chi connectivity index (χ1v) is 15.6. The largest absolute Gasteiger partial charge is 0.497 e. The minimum Gasteiger partial charge on any atom is -0.497 e. The minimum atomic E-state index is -1.17. The first-order valence-electron chi connectivity index (χ1n) is 15.6. The van der Waals surface area contributed by atoms with Crippen molar-refractivity contribution < 1.29 is 23.9 Å². The summed E-state index contributed by atoms with van der Waals surface area (Å²) in [5.74, 6) is 0.0753. The van der Waals surface area contributed by atoms with E-state index in [-0.39, 0.29) is 18.4 Å². The highest BCUT2D eigenvalue weighted by Gasteiger charge is 2.50. The highest BCUT2D eigenvalue weighted by Crippen LogP contribution is 2.46. The molecule has 0 saturated heterocycles. The van der Waals surface area contributed by atoms with Crippen molar-refractivity contribution in [3.63, 3.8) is 0 Å². The van der Waals surface area contributed by atoms with E-state index in [1.807, 2.05) is 73.5 Å². The standard InChI is InChI=1S/C35H48N4O5/c1-6-39(32(41)30(37-33(42)34(2,3)36)24-44-23-26-13-9-7-10-14-26)22-29-28(21-25-15-17-27(43-5)18-16-25)31(40)38(4)35(29)19-11-8-12-20-35/h7,9-10,13-18,30H,6,8,11-12,19-24,36H2,1-5H3,(H,37,42)/t30-/m1/s1. The fourth-order valence-corrected chi connectivity index (χ4v) is 6.30. The number of likely N-dealkylation sites (N-methyl/N-ethyl adjacent to an activating group) is 2. The second-order valence-electron chi connectivity index (χ2n) is 12.5. The number of nitrogens with one attached hydrogen (secondary N) is 1. The predicted octanol–water partition coefficient (Wildman–Crippen LogP) is 4.00. The Morgan fingerprint density at radius 2 is 1.70 bits per heavy atom. The summed E-state index contributed by atoms with van der Waals surface area (Å²) >= 11 is 0. The third kappa shape index (κ3) is 7.50. The average molecular weight is 605 g/mol. The van der Waals surface area contributed by atoms with Crippen molar-refractivity contribution in [2.75, 3.05) is 33.9 Å². The fourth-order valence-electron chi connectivity index (χ4n) is 6.30. The molecule has 2 aromatic carbocycles. The van der Waals surface area contributed by atoms with Gasteiger partial charge in [-0.1, -0.05) is 61.7 Å². The number of hydrogen-bond donors (Lipinski definition) is 2. The number of ether oxygens (including phenoxy) is 2. The number of methoxy groups -OCH3 is 1. The lowest BCUT2D eigenvalue weighted by Crippen LogP contribution is -2.58. The molecule has 0 unspecified atom stereocenters. The number of carbonyl (C=O) groups is 3. The van der Waals surface area contributed by atoms with Gasteiger partial charge in [0.25, 0.3) is 5.91 Å². The van der Waals surface area contributed by atoms with Gasteiger partial charge in [-0.25, -0.2) is 0 Å². The maximum atomic E-state index is 14.2. The fraction of sp³-hybridized carbons (Fsp3) is 0.514. The first-order chi connectivity index (χ1) is 21.0. The Labute approximate surface area is 261 Å². The van der Waals surface area contributed by atoms with Crippen LogP contribution < -0.4 is 15.8 Å². The van der Waals surface area contributed by atoms with Gasteiger partial charge in [-0.3, -0.25) is 14.4 Å². The maximum Gasteiger partial charge on any atom is 0.250 e. The predicted molar refractivity (Wildman–Crippen MR) is 171 cm³/mol. The van der Waals surface area contributed by atoms with Gasteiger partial charge in [0.15, 0.2) is 0 Å². The van der Waals surface area contributed by atoms with Gasteiger partial charge in [0, 0.05) is 32.1 Å². The molecule has 9 heteroatoms. The number of hydrogen-bond acceptors (Lipinski definition) is 6. The molecule has 0 aromatic heterocycles. The summed E-state index contributed by atoms with van der Waals surface area (Å²) < 4.78 is 11.3. The van der Waals surface area contributed by atoms with E-state index < -0.39 is 23.0 Å². The molecule has 1 aliphatic heterocycles. The molecule has 1 heterocycles. The zero-order chi connectivity index (χ0) is 31.9. The maximum absolute atomic E-state index is 14.2. The lowest BCUT2D eigenvalue weighted by Gasteiger charge is -2.43. The Balaban J connectivity index is 1.64. The number of nitrogens with zero attached hydrogens (tertiary/aromatic N) is 2. The van der Waals surface area contributed by atoms with Crippen molar-refractivity contribution in [2.24, 2.45) is 5.73 Å². The molecule has 1 atom stereocenters. The Hall–Kier alpha value is -3.69. The summed E-state index contributed by atoms with van der Waals surface area (Å²) in [6, 6.07) is 16.5. The van der Waals surface area contributed by atoms with Gasteiger partial charge in [-0.15, -0.1) is 0 Å². The lowest BCUT2D eigenvalue weighted by atomic mass is 9.75. The first kappa shape index (κ1) is 33.2. The summed E-state index contributed by atoms with van der Waals surface area (Å²) in [6.45, 7) is 6.14. The van der Waals surface area contributed by atoms with E-state index in [9.17, 15) is 14.4 Å². The van der Waals surface area contributed by atoms with E-state index in [1.54, 1.807) is 25.9 Å². The van der Waals surface area contributed by atoms with Crippen LogP contribution in [0, 0.1) is 0 Å². The Morgan fingerprint density at radius 3 is 2.30 bits per heavy atom. The molecule has 2 aromatic rings. The van der Waals surface area contributed by atoms with Crippen LogP contribution in [0.2, 0.25) is 0 Å². The molecule has 238 valence electrons. The molecule has 44 heavy (non-hydrogen) atoms. The minimum absolute atomic E-state index is 0.00617. The highest BCUT2D eigenvalue weighted by atomic mass is 16.5. The SMILES string of the molecule is CCN(CC1=C(Cc2ccc(OC)cc2)C(=O)N(C)C12CCCCC2)C(=O)[C@@H](COCc1ccccc1)NC(=O)C(C)(C)N. The summed E-state index contributed by atoms with van der Waals surface area (Å²) in [5.41, 5.74) is 8.22. The van der Waals surface area contributed by atoms with Gasteiger partial charge < -0.3 is 30.3 Å². The van der Waals surface area contributed by atoms with Crippen molar-refractivity contribution in [1.82, 2.24) is 15.1 Å². The average Bonchev–Trinajstić information content (AvgIpc) is 3.20. The summed E-state index contributed by atoms with van der Waals surface area (Å²) in [7, 11) is 3.53. The van der Waals surface area contributed by atoms with E-state index >= 15 is 0 Å². The van der Waals surface area contributed by atoms with Crippen molar-refractivity contribution in [2.45, 2.75) is 83.0 Å².